The lowest BCUT2D eigenvalue weighted by Crippen LogP contribution is -2.23. The fourth-order valence-corrected chi connectivity index (χ4v) is 4.45. The molecule has 3 aromatic carbocycles. The van der Waals surface area contributed by atoms with Crippen LogP contribution in [-0.4, -0.2) is 35.5 Å². The summed E-state index contributed by atoms with van der Waals surface area (Å²) in [5.41, 5.74) is 1.15. The van der Waals surface area contributed by atoms with Crippen molar-refractivity contribution in [2.24, 2.45) is 5.10 Å². The number of ether oxygens (including phenoxy) is 2. The molecule has 0 aliphatic carbocycles. The molecular formula is C27H23Br2FN4O4. The van der Waals surface area contributed by atoms with E-state index in [0.29, 0.717) is 38.2 Å². The number of carbonyl (C=O) groups excluding carboxylic acids is 1. The quantitative estimate of drug-likeness (QED) is 0.234. The highest BCUT2D eigenvalue weighted by Gasteiger charge is 2.16. The van der Waals surface area contributed by atoms with Crippen LogP contribution < -0.4 is 20.3 Å². The van der Waals surface area contributed by atoms with Gasteiger partial charge in [-0.05, 0) is 54.6 Å². The minimum absolute atomic E-state index is 0.0872. The van der Waals surface area contributed by atoms with Crippen LogP contribution in [0.15, 0.2) is 73.4 Å². The molecule has 0 unspecified atom stereocenters. The molecule has 1 aromatic heterocycles. The zero-order valence-corrected chi connectivity index (χ0v) is 23.8. The summed E-state index contributed by atoms with van der Waals surface area (Å²) in [6, 6.07) is 14.1. The molecule has 0 saturated heterocycles. The molecule has 196 valence electrons. The van der Waals surface area contributed by atoms with Gasteiger partial charge in [0.1, 0.15) is 11.6 Å². The number of anilines is 1. The van der Waals surface area contributed by atoms with Gasteiger partial charge in [-0.25, -0.2) is 9.37 Å². The molecule has 0 spiro atoms. The summed E-state index contributed by atoms with van der Waals surface area (Å²) >= 11 is 6.84. The Morgan fingerprint density at radius 1 is 1.13 bits per heavy atom. The van der Waals surface area contributed by atoms with Crippen LogP contribution in [0, 0.1) is 5.82 Å². The van der Waals surface area contributed by atoms with Crippen molar-refractivity contribution in [2.75, 3.05) is 19.0 Å². The van der Waals surface area contributed by atoms with Crippen molar-refractivity contribution in [3.05, 3.63) is 91.1 Å². The Bertz CT molecular complexity index is 1590. The highest BCUT2D eigenvalue weighted by molar-refractivity contribution is 9.10. The van der Waals surface area contributed by atoms with E-state index in [1.807, 2.05) is 19.9 Å². The third-order valence-electron chi connectivity index (χ3n) is 5.41. The summed E-state index contributed by atoms with van der Waals surface area (Å²) in [4.78, 5) is 30.5. The number of amides is 1. The Morgan fingerprint density at radius 3 is 2.55 bits per heavy atom. The first kappa shape index (κ1) is 27.5. The molecule has 1 amide bonds. The maximum absolute atomic E-state index is 13.4. The molecule has 1 heterocycles. The number of aromatic nitrogens is 2. The first-order valence-electron chi connectivity index (χ1n) is 11.5. The van der Waals surface area contributed by atoms with Crippen LogP contribution in [0.25, 0.3) is 10.9 Å². The monoisotopic (exact) mass is 644 g/mol. The van der Waals surface area contributed by atoms with Gasteiger partial charge in [0.2, 0.25) is 0 Å². The summed E-state index contributed by atoms with van der Waals surface area (Å²) in [6.07, 6.45) is 1.46. The van der Waals surface area contributed by atoms with E-state index in [1.54, 1.807) is 24.3 Å². The van der Waals surface area contributed by atoms with Gasteiger partial charge in [0.05, 0.1) is 24.2 Å². The summed E-state index contributed by atoms with van der Waals surface area (Å²) in [6.45, 7) is 3.50. The Labute approximate surface area is 234 Å². The first-order chi connectivity index (χ1) is 18.2. The molecule has 4 rings (SSSR count). The molecule has 38 heavy (non-hydrogen) atoms. The van der Waals surface area contributed by atoms with Gasteiger partial charge >= 0.3 is 0 Å². The summed E-state index contributed by atoms with van der Waals surface area (Å²) in [7, 11) is 1.47. The third-order valence-corrected chi connectivity index (χ3v) is 6.36. The van der Waals surface area contributed by atoms with Crippen molar-refractivity contribution in [2.45, 2.75) is 19.8 Å². The highest BCUT2D eigenvalue weighted by atomic mass is 79.9. The number of benzene rings is 3. The third kappa shape index (κ3) is 6.28. The second kappa shape index (κ2) is 11.9. The predicted molar refractivity (Wildman–Crippen MR) is 152 cm³/mol. The molecule has 4 aromatic rings. The van der Waals surface area contributed by atoms with Crippen LogP contribution in [0.5, 0.6) is 11.5 Å². The Balaban J connectivity index is 1.68. The summed E-state index contributed by atoms with van der Waals surface area (Å²) in [5.74, 6) is 0.153. The van der Waals surface area contributed by atoms with E-state index in [2.05, 4.69) is 47.3 Å². The highest BCUT2D eigenvalue weighted by Crippen LogP contribution is 2.34. The zero-order chi connectivity index (χ0) is 27.4. The van der Waals surface area contributed by atoms with Crippen molar-refractivity contribution < 1.29 is 18.7 Å². The Morgan fingerprint density at radius 2 is 1.87 bits per heavy atom. The number of hydrogen-bond donors (Lipinski definition) is 1. The molecule has 11 heteroatoms. The van der Waals surface area contributed by atoms with Crippen molar-refractivity contribution in [3.63, 3.8) is 0 Å². The van der Waals surface area contributed by atoms with Crippen molar-refractivity contribution in [1.29, 1.82) is 0 Å². The maximum Gasteiger partial charge on any atom is 0.282 e. The van der Waals surface area contributed by atoms with Gasteiger partial charge in [-0.2, -0.15) is 9.78 Å². The maximum atomic E-state index is 13.4. The number of rotatable bonds is 8. The largest absolute Gasteiger partial charge is 0.493 e. The molecule has 0 fully saturated rings. The first-order valence-corrected chi connectivity index (χ1v) is 13.1. The number of nitrogens with one attached hydrogen (secondary N) is 1. The van der Waals surface area contributed by atoms with Gasteiger partial charge in [0.15, 0.2) is 18.1 Å². The predicted octanol–water partition coefficient (Wildman–Crippen LogP) is 6.09. The standard InChI is InChI=1S/C27H23Br2FN4O4/c1-15(2)26-33-22-9-4-17(28)11-21(22)27(36)34(26)31-13-16-10-18(29)12-23(37-3)25(16)38-14-24(35)32-20-7-5-19(30)6-8-20/h4-13,15H,14H2,1-3H3,(H,32,35). The molecular weight excluding hydrogens is 623 g/mol. The van der Waals surface area contributed by atoms with Gasteiger partial charge < -0.3 is 14.8 Å². The van der Waals surface area contributed by atoms with Crippen LogP contribution in [-0.2, 0) is 4.79 Å². The molecule has 0 atom stereocenters. The topological polar surface area (TPSA) is 94.8 Å². The van der Waals surface area contributed by atoms with Crippen molar-refractivity contribution >= 4 is 60.6 Å². The van der Waals surface area contributed by atoms with Gasteiger partial charge in [0.25, 0.3) is 11.5 Å². The van der Waals surface area contributed by atoms with Gasteiger partial charge in [-0.3, -0.25) is 9.59 Å². The minimum Gasteiger partial charge on any atom is -0.493 e. The van der Waals surface area contributed by atoms with E-state index in [-0.39, 0.29) is 23.8 Å². The molecule has 0 saturated carbocycles. The summed E-state index contributed by atoms with van der Waals surface area (Å²) < 4.78 is 27.1. The molecule has 0 radical (unpaired) electrons. The second-order valence-corrected chi connectivity index (χ2v) is 10.3. The zero-order valence-electron chi connectivity index (χ0n) is 20.7. The number of fused-ring (bicyclic) bond motifs is 1. The Kier molecular flexibility index (Phi) is 8.58. The second-order valence-electron chi connectivity index (χ2n) is 8.52. The fraction of sp³-hybridized carbons (Fsp3) is 0.185. The normalized spacial score (nSPS) is 11.3. The van der Waals surface area contributed by atoms with E-state index in [1.165, 1.54) is 42.3 Å². The fourth-order valence-electron chi connectivity index (χ4n) is 3.63. The van der Waals surface area contributed by atoms with Gasteiger partial charge in [-0.15, -0.1) is 0 Å². The molecule has 0 bridgehead atoms. The van der Waals surface area contributed by atoms with Crippen LogP contribution in [0.4, 0.5) is 10.1 Å². The smallest absolute Gasteiger partial charge is 0.282 e. The lowest BCUT2D eigenvalue weighted by Gasteiger charge is -2.15. The number of carbonyl (C=O) groups is 1. The number of halogens is 3. The lowest BCUT2D eigenvalue weighted by atomic mass is 10.2. The SMILES string of the molecule is COc1cc(Br)cc(C=Nn2c(C(C)C)nc3ccc(Br)cc3c2=O)c1OCC(=O)Nc1ccc(F)cc1. The summed E-state index contributed by atoms with van der Waals surface area (Å²) in [5, 5.41) is 7.53. The van der Waals surface area contributed by atoms with E-state index in [9.17, 15) is 14.0 Å². The minimum atomic E-state index is -0.452. The number of nitrogens with zero attached hydrogens (tertiary/aromatic N) is 3. The van der Waals surface area contributed by atoms with Crippen LogP contribution in [0.2, 0.25) is 0 Å². The van der Waals surface area contributed by atoms with Crippen molar-refractivity contribution in [1.82, 2.24) is 9.66 Å². The molecule has 0 aliphatic rings. The number of methoxy groups -OCH3 is 1. The van der Waals surface area contributed by atoms with E-state index in [0.717, 1.165) is 4.47 Å². The van der Waals surface area contributed by atoms with Gasteiger partial charge in [0, 0.05) is 26.1 Å². The van der Waals surface area contributed by atoms with Crippen LogP contribution in [0.3, 0.4) is 0 Å². The Hall–Kier alpha value is -3.57. The van der Waals surface area contributed by atoms with Crippen LogP contribution >= 0.6 is 31.9 Å². The van der Waals surface area contributed by atoms with E-state index < -0.39 is 11.7 Å². The average molecular weight is 646 g/mol. The lowest BCUT2D eigenvalue weighted by molar-refractivity contribution is -0.118. The van der Waals surface area contributed by atoms with Gasteiger partial charge in [-0.1, -0.05) is 45.7 Å². The van der Waals surface area contributed by atoms with Crippen LogP contribution in [0.1, 0.15) is 31.2 Å². The molecule has 1 N–H and O–H groups in total. The van der Waals surface area contributed by atoms with E-state index >= 15 is 0 Å². The van der Waals surface area contributed by atoms with E-state index in [4.69, 9.17) is 9.47 Å². The number of hydrogen-bond acceptors (Lipinski definition) is 6. The van der Waals surface area contributed by atoms with Crippen molar-refractivity contribution in [3.8, 4) is 11.5 Å². The molecule has 0 aliphatic heterocycles. The average Bonchev–Trinajstić information content (AvgIpc) is 2.88. The molecule has 8 nitrogen and oxygen atoms in total.